The van der Waals surface area contributed by atoms with Crippen molar-refractivity contribution in [2.45, 2.75) is 19.4 Å². The Kier molecular flexibility index (Phi) is 3.31. The van der Waals surface area contributed by atoms with Crippen molar-refractivity contribution in [2.75, 3.05) is 13.1 Å². The molecule has 1 aliphatic rings. The molecule has 2 heterocycles. The SMILES string of the molecule is N#CC1CCN(Cc2ccncc2)CC1. The molecule has 1 fully saturated rings. The first-order valence-electron chi connectivity index (χ1n) is 5.39. The van der Waals surface area contributed by atoms with E-state index in [9.17, 15) is 0 Å². The summed E-state index contributed by atoms with van der Waals surface area (Å²) in [6.45, 7) is 3.07. The van der Waals surface area contributed by atoms with Crippen LogP contribution < -0.4 is 0 Å². The molecular formula is C12H15N3. The Morgan fingerprint density at radius 1 is 1.33 bits per heavy atom. The molecule has 3 nitrogen and oxygen atoms in total. The maximum atomic E-state index is 8.79. The second-order valence-corrected chi connectivity index (χ2v) is 4.03. The predicted octanol–water partition coefficient (Wildman–Crippen LogP) is 1.82. The number of likely N-dealkylation sites (tertiary alicyclic amines) is 1. The normalized spacial score (nSPS) is 18.6. The van der Waals surface area contributed by atoms with Gasteiger partial charge >= 0.3 is 0 Å². The van der Waals surface area contributed by atoms with Gasteiger partial charge in [0.05, 0.1) is 6.07 Å². The first-order valence-corrected chi connectivity index (χ1v) is 5.39. The number of hydrogen-bond donors (Lipinski definition) is 0. The van der Waals surface area contributed by atoms with E-state index in [-0.39, 0.29) is 5.92 Å². The Morgan fingerprint density at radius 3 is 2.60 bits per heavy atom. The number of nitriles is 1. The van der Waals surface area contributed by atoms with Crippen molar-refractivity contribution >= 4 is 0 Å². The molecule has 1 aliphatic heterocycles. The molecule has 0 atom stereocenters. The van der Waals surface area contributed by atoms with Gasteiger partial charge in [-0.3, -0.25) is 9.88 Å². The van der Waals surface area contributed by atoms with E-state index in [1.807, 2.05) is 12.4 Å². The van der Waals surface area contributed by atoms with Crippen LogP contribution in [0.15, 0.2) is 24.5 Å². The molecule has 0 aromatic carbocycles. The largest absolute Gasteiger partial charge is 0.299 e. The van der Waals surface area contributed by atoms with Crippen LogP contribution in [0, 0.1) is 17.2 Å². The van der Waals surface area contributed by atoms with Crippen LogP contribution in [0.2, 0.25) is 0 Å². The number of aromatic nitrogens is 1. The summed E-state index contributed by atoms with van der Waals surface area (Å²) in [7, 11) is 0. The van der Waals surface area contributed by atoms with Crippen molar-refractivity contribution < 1.29 is 0 Å². The van der Waals surface area contributed by atoms with Gasteiger partial charge in [0.1, 0.15) is 0 Å². The minimum Gasteiger partial charge on any atom is -0.299 e. The van der Waals surface area contributed by atoms with Crippen LogP contribution in [0.5, 0.6) is 0 Å². The Morgan fingerprint density at radius 2 is 2.00 bits per heavy atom. The molecule has 1 saturated heterocycles. The molecule has 1 aromatic rings. The van der Waals surface area contributed by atoms with Gasteiger partial charge in [-0.2, -0.15) is 5.26 Å². The van der Waals surface area contributed by atoms with Gasteiger partial charge in [0.25, 0.3) is 0 Å². The lowest BCUT2D eigenvalue weighted by Gasteiger charge is -2.28. The minimum absolute atomic E-state index is 0.277. The van der Waals surface area contributed by atoms with Gasteiger partial charge in [-0.05, 0) is 43.6 Å². The highest BCUT2D eigenvalue weighted by atomic mass is 15.1. The standard InChI is InChI=1S/C12H15N3/c13-9-11-3-7-15(8-4-11)10-12-1-5-14-6-2-12/h1-2,5-6,11H,3-4,7-8,10H2. The second kappa shape index (κ2) is 4.90. The number of piperidine rings is 1. The molecule has 0 saturated carbocycles. The maximum absolute atomic E-state index is 8.79. The molecule has 0 bridgehead atoms. The van der Waals surface area contributed by atoms with E-state index in [1.165, 1.54) is 5.56 Å². The number of rotatable bonds is 2. The van der Waals surface area contributed by atoms with E-state index >= 15 is 0 Å². The third-order valence-corrected chi connectivity index (χ3v) is 2.93. The fourth-order valence-electron chi connectivity index (χ4n) is 1.97. The molecule has 0 unspecified atom stereocenters. The lowest BCUT2D eigenvalue weighted by Crippen LogP contribution is -2.32. The highest BCUT2D eigenvalue weighted by Crippen LogP contribution is 2.17. The smallest absolute Gasteiger partial charge is 0.0656 e. The molecule has 1 aromatic heterocycles. The first-order chi connectivity index (χ1) is 7.38. The van der Waals surface area contributed by atoms with Crippen LogP contribution in [-0.2, 0) is 6.54 Å². The molecule has 0 amide bonds. The molecule has 0 aliphatic carbocycles. The van der Waals surface area contributed by atoms with Gasteiger partial charge in [0, 0.05) is 24.9 Å². The van der Waals surface area contributed by atoms with Crippen LogP contribution in [0.1, 0.15) is 18.4 Å². The van der Waals surface area contributed by atoms with Gasteiger partial charge in [-0.25, -0.2) is 0 Å². The lowest BCUT2D eigenvalue weighted by atomic mass is 9.98. The van der Waals surface area contributed by atoms with Crippen LogP contribution in [0.25, 0.3) is 0 Å². The highest BCUT2D eigenvalue weighted by Gasteiger charge is 2.18. The summed E-state index contributed by atoms with van der Waals surface area (Å²) >= 11 is 0. The van der Waals surface area contributed by atoms with E-state index in [0.717, 1.165) is 32.5 Å². The van der Waals surface area contributed by atoms with Crippen molar-refractivity contribution in [3.63, 3.8) is 0 Å². The van der Waals surface area contributed by atoms with Crippen LogP contribution >= 0.6 is 0 Å². The molecular weight excluding hydrogens is 186 g/mol. The Bertz CT molecular complexity index is 334. The maximum Gasteiger partial charge on any atom is 0.0656 e. The molecule has 15 heavy (non-hydrogen) atoms. The van der Waals surface area contributed by atoms with Crippen molar-refractivity contribution in [1.29, 1.82) is 5.26 Å². The summed E-state index contributed by atoms with van der Waals surface area (Å²) in [5.41, 5.74) is 1.31. The van der Waals surface area contributed by atoms with Crippen molar-refractivity contribution in [2.24, 2.45) is 5.92 Å². The minimum atomic E-state index is 0.277. The third kappa shape index (κ3) is 2.77. The monoisotopic (exact) mass is 201 g/mol. The third-order valence-electron chi connectivity index (χ3n) is 2.93. The predicted molar refractivity (Wildman–Crippen MR) is 57.9 cm³/mol. The van der Waals surface area contributed by atoms with Gasteiger partial charge in [0.15, 0.2) is 0 Å². The molecule has 0 radical (unpaired) electrons. The summed E-state index contributed by atoms with van der Waals surface area (Å²) in [5, 5.41) is 8.79. The zero-order chi connectivity index (χ0) is 10.5. The summed E-state index contributed by atoms with van der Waals surface area (Å²) < 4.78 is 0. The van der Waals surface area contributed by atoms with Gasteiger partial charge < -0.3 is 0 Å². The Balaban J connectivity index is 1.85. The molecule has 0 N–H and O–H groups in total. The molecule has 0 spiro atoms. The average Bonchev–Trinajstić information content (AvgIpc) is 2.31. The topological polar surface area (TPSA) is 39.9 Å². The van der Waals surface area contributed by atoms with Gasteiger partial charge in [-0.1, -0.05) is 0 Å². The summed E-state index contributed by atoms with van der Waals surface area (Å²) in [6, 6.07) is 6.46. The van der Waals surface area contributed by atoms with E-state index < -0.39 is 0 Å². The Labute approximate surface area is 90.4 Å². The first kappa shape index (κ1) is 10.1. The van der Waals surface area contributed by atoms with Crippen molar-refractivity contribution in [3.05, 3.63) is 30.1 Å². The molecule has 78 valence electrons. The summed E-state index contributed by atoms with van der Waals surface area (Å²) in [5.74, 6) is 0.277. The fourth-order valence-corrected chi connectivity index (χ4v) is 1.97. The van der Waals surface area contributed by atoms with Gasteiger partial charge in [-0.15, -0.1) is 0 Å². The van der Waals surface area contributed by atoms with Gasteiger partial charge in [0.2, 0.25) is 0 Å². The van der Waals surface area contributed by atoms with Crippen molar-refractivity contribution in [3.8, 4) is 6.07 Å². The second-order valence-electron chi connectivity index (χ2n) is 4.03. The average molecular weight is 201 g/mol. The van der Waals surface area contributed by atoms with E-state index in [2.05, 4.69) is 28.1 Å². The quantitative estimate of drug-likeness (QED) is 0.732. The van der Waals surface area contributed by atoms with Crippen molar-refractivity contribution in [1.82, 2.24) is 9.88 Å². The van der Waals surface area contributed by atoms with E-state index in [1.54, 1.807) is 0 Å². The number of nitrogens with zero attached hydrogens (tertiary/aromatic N) is 3. The highest BCUT2D eigenvalue weighted by molar-refractivity contribution is 5.09. The van der Waals surface area contributed by atoms with Crippen LogP contribution in [0.4, 0.5) is 0 Å². The van der Waals surface area contributed by atoms with Crippen LogP contribution in [0.3, 0.4) is 0 Å². The molecule has 3 heteroatoms. The Hall–Kier alpha value is -1.40. The number of pyridine rings is 1. The summed E-state index contributed by atoms with van der Waals surface area (Å²) in [4.78, 5) is 6.41. The van der Waals surface area contributed by atoms with E-state index in [0.29, 0.717) is 0 Å². The number of hydrogen-bond acceptors (Lipinski definition) is 3. The zero-order valence-corrected chi connectivity index (χ0v) is 8.76. The van der Waals surface area contributed by atoms with E-state index in [4.69, 9.17) is 5.26 Å². The molecule has 2 rings (SSSR count). The van der Waals surface area contributed by atoms with Crippen LogP contribution in [-0.4, -0.2) is 23.0 Å². The fraction of sp³-hybridized carbons (Fsp3) is 0.500. The zero-order valence-electron chi connectivity index (χ0n) is 8.76. The summed E-state index contributed by atoms with van der Waals surface area (Å²) in [6.07, 6.45) is 5.69. The lowest BCUT2D eigenvalue weighted by molar-refractivity contribution is 0.198.